The van der Waals surface area contributed by atoms with Crippen LogP contribution >= 0.6 is 0 Å². The van der Waals surface area contributed by atoms with E-state index in [1.807, 2.05) is 28.9 Å². The predicted octanol–water partition coefficient (Wildman–Crippen LogP) is 1.89. The Bertz CT molecular complexity index is 527. The van der Waals surface area contributed by atoms with Crippen LogP contribution in [0.5, 0.6) is 0 Å². The van der Waals surface area contributed by atoms with Gasteiger partial charge in [-0.05, 0) is 41.3 Å². The zero-order valence-corrected chi connectivity index (χ0v) is 9.74. The van der Waals surface area contributed by atoms with Gasteiger partial charge in [-0.1, -0.05) is 19.1 Å². The molecule has 0 aliphatic heterocycles. The molecule has 0 atom stereocenters. The van der Waals surface area contributed by atoms with Crippen LogP contribution in [0.3, 0.4) is 0 Å². The summed E-state index contributed by atoms with van der Waals surface area (Å²) in [4.78, 5) is 0. The molecule has 1 aliphatic carbocycles. The number of tetrazole rings is 1. The Morgan fingerprint density at radius 2 is 2.18 bits per heavy atom. The van der Waals surface area contributed by atoms with Crippen molar-refractivity contribution in [1.29, 1.82) is 0 Å². The average Bonchev–Trinajstić information content (AvgIpc) is 2.73. The fourth-order valence-electron chi connectivity index (χ4n) is 2.37. The van der Waals surface area contributed by atoms with E-state index in [0.717, 1.165) is 35.8 Å². The number of rotatable bonds is 2. The lowest BCUT2D eigenvalue weighted by molar-refractivity contribution is 0.199. The van der Waals surface area contributed by atoms with Gasteiger partial charge in [0.2, 0.25) is 0 Å². The molecule has 1 aromatic carbocycles. The molecule has 0 bridgehead atoms. The largest absolute Gasteiger partial charge is 0.399 e. The van der Waals surface area contributed by atoms with Gasteiger partial charge in [0.1, 0.15) is 0 Å². The van der Waals surface area contributed by atoms with Crippen molar-refractivity contribution in [1.82, 2.24) is 20.2 Å². The van der Waals surface area contributed by atoms with E-state index in [1.54, 1.807) is 0 Å². The van der Waals surface area contributed by atoms with E-state index in [2.05, 4.69) is 22.4 Å². The third-order valence-electron chi connectivity index (χ3n) is 3.33. The Morgan fingerprint density at radius 3 is 2.88 bits per heavy atom. The third kappa shape index (κ3) is 1.77. The molecule has 0 radical (unpaired) electrons. The van der Waals surface area contributed by atoms with Crippen LogP contribution in [0.2, 0.25) is 0 Å². The first-order chi connectivity index (χ1) is 8.24. The van der Waals surface area contributed by atoms with Gasteiger partial charge < -0.3 is 5.73 Å². The third-order valence-corrected chi connectivity index (χ3v) is 3.33. The van der Waals surface area contributed by atoms with E-state index < -0.39 is 0 Å². The quantitative estimate of drug-likeness (QED) is 0.798. The molecule has 5 heteroatoms. The summed E-state index contributed by atoms with van der Waals surface area (Å²) in [6.45, 7) is 2.25. The second kappa shape index (κ2) is 3.84. The van der Waals surface area contributed by atoms with Crippen molar-refractivity contribution < 1.29 is 0 Å². The molecule has 0 spiro atoms. The van der Waals surface area contributed by atoms with Crippen LogP contribution in [0, 0.1) is 5.92 Å². The number of hydrogen-bond donors (Lipinski definition) is 1. The Balaban J connectivity index is 1.96. The van der Waals surface area contributed by atoms with E-state index in [0.29, 0.717) is 6.04 Å². The van der Waals surface area contributed by atoms with Crippen LogP contribution in [-0.4, -0.2) is 20.2 Å². The molecule has 2 aromatic rings. The number of nitrogens with zero attached hydrogens (tertiary/aromatic N) is 4. The van der Waals surface area contributed by atoms with Gasteiger partial charge >= 0.3 is 0 Å². The maximum absolute atomic E-state index is 5.78. The molecule has 5 nitrogen and oxygen atoms in total. The normalized spacial score (nSPS) is 23.4. The summed E-state index contributed by atoms with van der Waals surface area (Å²) in [5.41, 5.74) is 7.50. The smallest absolute Gasteiger partial charge is 0.182 e. The zero-order valence-electron chi connectivity index (χ0n) is 9.74. The Hall–Kier alpha value is -1.91. The fourth-order valence-corrected chi connectivity index (χ4v) is 2.37. The SMILES string of the molecule is CC1CC(n2nnnc2-c2cccc(N)c2)C1. The highest BCUT2D eigenvalue weighted by Gasteiger charge is 2.30. The monoisotopic (exact) mass is 229 g/mol. The first kappa shape index (κ1) is 10.3. The van der Waals surface area contributed by atoms with Crippen LogP contribution in [-0.2, 0) is 0 Å². The lowest BCUT2D eigenvalue weighted by Crippen LogP contribution is -2.26. The Labute approximate surface area is 99.6 Å². The molecule has 0 unspecified atom stereocenters. The highest BCUT2D eigenvalue weighted by Crippen LogP contribution is 2.38. The van der Waals surface area contributed by atoms with E-state index in [-0.39, 0.29) is 0 Å². The number of nitrogens with two attached hydrogens (primary N) is 1. The van der Waals surface area contributed by atoms with Crippen LogP contribution in [0.15, 0.2) is 24.3 Å². The highest BCUT2D eigenvalue weighted by molar-refractivity contribution is 5.60. The van der Waals surface area contributed by atoms with E-state index in [1.165, 1.54) is 0 Å². The minimum Gasteiger partial charge on any atom is -0.399 e. The highest BCUT2D eigenvalue weighted by atomic mass is 15.6. The van der Waals surface area contributed by atoms with Crippen molar-refractivity contribution in [3.8, 4) is 11.4 Å². The first-order valence-corrected chi connectivity index (χ1v) is 5.88. The fraction of sp³-hybridized carbons (Fsp3) is 0.417. The standard InChI is InChI=1S/C12H15N5/c1-8-5-11(6-8)17-12(14-15-16-17)9-3-2-4-10(13)7-9/h2-4,7-8,11H,5-6,13H2,1H3. The lowest BCUT2D eigenvalue weighted by Gasteiger charge is -2.32. The molecule has 17 heavy (non-hydrogen) atoms. The molecule has 1 fully saturated rings. The molecular weight excluding hydrogens is 214 g/mol. The Kier molecular flexibility index (Phi) is 2.31. The van der Waals surface area contributed by atoms with Crippen LogP contribution in [0.25, 0.3) is 11.4 Å². The van der Waals surface area contributed by atoms with Gasteiger partial charge in [0.15, 0.2) is 5.82 Å². The van der Waals surface area contributed by atoms with E-state index in [9.17, 15) is 0 Å². The van der Waals surface area contributed by atoms with Crippen molar-refractivity contribution in [2.75, 3.05) is 5.73 Å². The Morgan fingerprint density at radius 1 is 1.35 bits per heavy atom. The summed E-state index contributed by atoms with van der Waals surface area (Å²) in [6, 6.07) is 8.12. The summed E-state index contributed by atoms with van der Waals surface area (Å²) < 4.78 is 1.93. The molecule has 1 aromatic heterocycles. The lowest BCUT2D eigenvalue weighted by atomic mass is 9.82. The second-order valence-corrected chi connectivity index (χ2v) is 4.80. The van der Waals surface area contributed by atoms with E-state index >= 15 is 0 Å². The number of aromatic nitrogens is 4. The molecular formula is C12H15N5. The van der Waals surface area contributed by atoms with Gasteiger partial charge in [-0.2, -0.15) is 0 Å². The van der Waals surface area contributed by atoms with Crippen molar-refractivity contribution in [3.63, 3.8) is 0 Å². The van der Waals surface area contributed by atoms with Crippen LogP contribution in [0.1, 0.15) is 25.8 Å². The van der Waals surface area contributed by atoms with Crippen LogP contribution < -0.4 is 5.73 Å². The predicted molar refractivity (Wildman–Crippen MR) is 65.1 cm³/mol. The number of hydrogen-bond acceptors (Lipinski definition) is 4. The summed E-state index contributed by atoms with van der Waals surface area (Å²) >= 11 is 0. The molecule has 1 heterocycles. The zero-order chi connectivity index (χ0) is 11.8. The van der Waals surface area contributed by atoms with Crippen molar-refractivity contribution >= 4 is 5.69 Å². The molecule has 0 amide bonds. The van der Waals surface area contributed by atoms with Gasteiger partial charge in [-0.25, -0.2) is 4.68 Å². The van der Waals surface area contributed by atoms with Crippen molar-refractivity contribution in [2.45, 2.75) is 25.8 Å². The minimum absolute atomic E-state index is 0.441. The van der Waals surface area contributed by atoms with Gasteiger partial charge in [0.05, 0.1) is 6.04 Å². The topological polar surface area (TPSA) is 69.6 Å². The second-order valence-electron chi connectivity index (χ2n) is 4.80. The maximum Gasteiger partial charge on any atom is 0.182 e. The summed E-state index contributed by atoms with van der Waals surface area (Å²) in [7, 11) is 0. The number of anilines is 1. The van der Waals surface area contributed by atoms with Gasteiger partial charge in [0, 0.05) is 11.3 Å². The van der Waals surface area contributed by atoms with Gasteiger partial charge in [0.25, 0.3) is 0 Å². The van der Waals surface area contributed by atoms with Crippen molar-refractivity contribution in [3.05, 3.63) is 24.3 Å². The van der Waals surface area contributed by atoms with Gasteiger partial charge in [-0.3, -0.25) is 0 Å². The molecule has 0 saturated heterocycles. The maximum atomic E-state index is 5.78. The average molecular weight is 229 g/mol. The van der Waals surface area contributed by atoms with Gasteiger partial charge in [-0.15, -0.1) is 5.10 Å². The molecule has 1 aliphatic rings. The molecule has 3 rings (SSSR count). The molecule has 1 saturated carbocycles. The molecule has 88 valence electrons. The number of benzene rings is 1. The van der Waals surface area contributed by atoms with E-state index in [4.69, 9.17) is 5.73 Å². The molecule has 2 N–H and O–H groups in total. The van der Waals surface area contributed by atoms with Crippen LogP contribution in [0.4, 0.5) is 5.69 Å². The first-order valence-electron chi connectivity index (χ1n) is 5.88. The minimum atomic E-state index is 0.441. The summed E-state index contributed by atoms with van der Waals surface area (Å²) in [5, 5.41) is 12.0. The number of nitrogen functional groups attached to an aromatic ring is 1. The summed E-state index contributed by atoms with van der Waals surface area (Å²) in [5.74, 6) is 1.59. The van der Waals surface area contributed by atoms with Crippen molar-refractivity contribution in [2.24, 2.45) is 5.92 Å². The summed E-state index contributed by atoms with van der Waals surface area (Å²) in [6.07, 6.45) is 2.31.